The molecule has 0 aliphatic carbocycles. The molecule has 28 heavy (non-hydrogen) atoms. The van der Waals surface area contributed by atoms with Gasteiger partial charge in [-0.3, -0.25) is 10.1 Å². The molecule has 3 N–H and O–H groups in total. The van der Waals surface area contributed by atoms with Gasteiger partial charge in [-0.2, -0.15) is 0 Å². The van der Waals surface area contributed by atoms with Crippen molar-refractivity contribution in [1.82, 2.24) is 15.4 Å². The molecule has 10 heteroatoms. The van der Waals surface area contributed by atoms with Crippen molar-refractivity contribution in [3.05, 3.63) is 56.7 Å². The summed E-state index contributed by atoms with van der Waals surface area (Å²) < 4.78 is 0.929. The Kier molecular flexibility index (Phi) is 7.00. The first kappa shape index (κ1) is 21.1. The number of carbonyl (C=O) groups excluding carboxylic acids is 2. The molecular formula is C18H19BBrN3O3S2. The van der Waals surface area contributed by atoms with Crippen LogP contribution in [-0.4, -0.2) is 54.2 Å². The molecular weight excluding hydrogens is 461 g/mol. The summed E-state index contributed by atoms with van der Waals surface area (Å²) in [6.07, 6.45) is 0.852. The van der Waals surface area contributed by atoms with E-state index >= 15 is 0 Å². The van der Waals surface area contributed by atoms with Crippen molar-refractivity contribution in [3.8, 4) is 0 Å². The number of aliphatic hydroxyl groups is 1. The van der Waals surface area contributed by atoms with Gasteiger partial charge in [0.1, 0.15) is 0 Å². The van der Waals surface area contributed by atoms with Gasteiger partial charge in [0, 0.05) is 39.4 Å². The summed E-state index contributed by atoms with van der Waals surface area (Å²) in [7, 11) is 0.273. The maximum atomic E-state index is 12.4. The average molecular weight is 480 g/mol. The van der Waals surface area contributed by atoms with Crippen molar-refractivity contribution in [1.29, 1.82) is 0 Å². The van der Waals surface area contributed by atoms with E-state index in [0.29, 0.717) is 18.7 Å². The van der Waals surface area contributed by atoms with Crippen molar-refractivity contribution in [2.75, 3.05) is 19.7 Å². The molecule has 1 fully saturated rings. The SMILES string of the molecule is O=CBN1CC(CO)C(NC(=S)NC(=O)c2ccccc2)(c2cc(Br)cs2)C1. The van der Waals surface area contributed by atoms with Gasteiger partial charge in [0.2, 0.25) is 0 Å². The maximum absolute atomic E-state index is 12.4. The second-order valence-corrected chi connectivity index (χ2v) is 8.85. The van der Waals surface area contributed by atoms with E-state index in [1.54, 1.807) is 24.3 Å². The molecule has 2 aromatic rings. The Morgan fingerprint density at radius 1 is 1.46 bits per heavy atom. The van der Waals surface area contributed by atoms with Crippen molar-refractivity contribution >= 4 is 64.1 Å². The van der Waals surface area contributed by atoms with E-state index in [-0.39, 0.29) is 31.0 Å². The fraction of sp³-hybridized carbons (Fsp3) is 0.278. The van der Waals surface area contributed by atoms with Crippen LogP contribution in [0, 0.1) is 5.92 Å². The minimum atomic E-state index is -0.699. The Bertz CT molecular complexity index is 867. The number of halogens is 1. The molecule has 0 bridgehead atoms. The Morgan fingerprint density at radius 3 is 2.82 bits per heavy atom. The van der Waals surface area contributed by atoms with Crippen LogP contribution in [0.1, 0.15) is 15.2 Å². The van der Waals surface area contributed by atoms with Gasteiger partial charge >= 0.3 is 0 Å². The number of hydrogen-bond acceptors (Lipinski definition) is 6. The van der Waals surface area contributed by atoms with Crippen molar-refractivity contribution in [2.24, 2.45) is 5.92 Å². The van der Waals surface area contributed by atoms with Crippen molar-refractivity contribution in [2.45, 2.75) is 5.54 Å². The fourth-order valence-electron chi connectivity index (χ4n) is 3.50. The molecule has 0 radical (unpaired) electrons. The molecule has 1 saturated heterocycles. The molecule has 6 nitrogen and oxygen atoms in total. The molecule has 1 aromatic heterocycles. The van der Waals surface area contributed by atoms with Crippen LogP contribution in [0.3, 0.4) is 0 Å². The zero-order valence-corrected chi connectivity index (χ0v) is 18.1. The van der Waals surface area contributed by atoms with Crippen LogP contribution >= 0.6 is 39.5 Å². The summed E-state index contributed by atoms with van der Waals surface area (Å²) in [6, 6.07) is 10.8. The predicted molar refractivity (Wildman–Crippen MR) is 119 cm³/mol. The molecule has 1 amide bonds. The average Bonchev–Trinajstić information content (AvgIpc) is 3.27. The van der Waals surface area contributed by atoms with Gasteiger partial charge in [0.15, 0.2) is 5.11 Å². The molecule has 1 aromatic carbocycles. The number of amides is 1. The molecule has 0 saturated carbocycles. The minimum absolute atomic E-state index is 0.0763. The number of nitrogens with one attached hydrogen (secondary N) is 2. The van der Waals surface area contributed by atoms with Gasteiger partial charge in [0.05, 0.1) is 11.7 Å². The van der Waals surface area contributed by atoms with E-state index in [0.717, 1.165) is 15.5 Å². The van der Waals surface area contributed by atoms with Gasteiger partial charge in [-0.05, 0) is 52.9 Å². The highest BCUT2D eigenvalue weighted by atomic mass is 79.9. The number of hydrogen-bond donors (Lipinski definition) is 3. The first-order chi connectivity index (χ1) is 13.5. The van der Waals surface area contributed by atoms with Crippen molar-refractivity contribution < 1.29 is 14.7 Å². The largest absolute Gasteiger partial charge is 0.396 e. The van der Waals surface area contributed by atoms with Gasteiger partial charge in [0.25, 0.3) is 13.3 Å². The number of benzene rings is 1. The lowest BCUT2D eigenvalue weighted by atomic mass is 9.86. The lowest BCUT2D eigenvalue weighted by Gasteiger charge is -2.35. The molecule has 1 aliphatic heterocycles. The summed E-state index contributed by atoms with van der Waals surface area (Å²) in [4.78, 5) is 26.4. The second-order valence-electron chi connectivity index (χ2n) is 6.62. The monoisotopic (exact) mass is 479 g/mol. The van der Waals surface area contributed by atoms with Gasteiger partial charge in [-0.1, -0.05) is 18.2 Å². The first-order valence-corrected chi connectivity index (χ1v) is 10.8. The zero-order chi connectivity index (χ0) is 20.1. The Hall–Kier alpha value is -1.59. The fourth-order valence-corrected chi connectivity index (χ4v) is 5.43. The summed E-state index contributed by atoms with van der Waals surface area (Å²) in [5.41, 5.74) is -0.192. The lowest BCUT2D eigenvalue weighted by molar-refractivity contribution is 0.0975. The summed E-state index contributed by atoms with van der Waals surface area (Å²) in [5.74, 6) is -0.492. The van der Waals surface area contributed by atoms with Crippen LogP contribution in [-0.2, 0) is 10.3 Å². The standard InChI is InChI=1S/C18H19BBrN3O3S2/c20-14-6-15(28-9-14)18(10-23(19-11-25)7-13(18)8-24)22-17(27)21-16(26)12-4-2-1-3-5-12/h1-6,9,11,13,19,24H,7-8,10H2,(H2,21,22,26,27). The zero-order valence-electron chi connectivity index (χ0n) is 14.9. The quantitative estimate of drug-likeness (QED) is 0.330. The number of rotatable bonds is 6. The van der Waals surface area contributed by atoms with Gasteiger partial charge in [-0.15, -0.1) is 11.3 Å². The molecule has 1 aliphatic rings. The third-order valence-corrected chi connectivity index (χ3v) is 6.88. The van der Waals surface area contributed by atoms with E-state index in [2.05, 4.69) is 26.6 Å². The van der Waals surface area contributed by atoms with Crippen LogP contribution in [0.4, 0.5) is 0 Å². The lowest BCUT2D eigenvalue weighted by Crippen LogP contribution is -2.56. The molecule has 2 heterocycles. The predicted octanol–water partition coefficient (Wildman–Crippen LogP) is 1.48. The van der Waals surface area contributed by atoms with E-state index in [4.69, 9.17) is 12.2 Å². The molecule has 146 valence electrons. The number of thiophene rings is 1. The molecule has 3 rings (SSSR count). The highest BCUT2D eigenvalue weighted by Crippen LogP contribution is 2.40. The highest BCUT2D eigenvalue weighted by Gasteiger charge is 2.49. The van der Waals surface area contributed by atoms with Crippen LogP contribution < -0.4 is 10.6 Å². The number of carbonyl (C=O) groups is 2. The third kappa shape index (κ3) is 4.52. The normalized spacial score (nSPS) is 21.9. The third-order valence-electron chi connectivity index (χ3n) is 4.81. The summed E-state index contributed by atoms with van der Waals surface area (Å²) in [6.45, 7) is 0.964. The molecule has 2 atom stereocenters. The minimum Gasteiger partial charge on any atom is -0.396 e. The van der Waals surface area contributed by atoms with Crippen LogP contribution in [0.15, 0.2) is 46.3 Å². The molecule has 0 spiro atoms. The number of thiocarbonyl (C=S) groups is 1. The Labute approximate surface area is 181 Å². The van der Waals surface area contributed by atoms with E-state index in [1.807, 2.05) is 22.3 Å². The van der Waals surface area contributed by atoms with Crippen LogP contribution in [0.25, 0.3) is 0 Å². The smallest absolute Gasteiger partial charge is 0.281 e. The van der Waals surface area contributed by atoms with Crippen LogP contribution in [0.5, 0.6) is 0 Å². The maximum Gasteiger partial charge on any atom is 0.281 e. The Morgan fingerprint density at radius 2 is 2.21 bits per heavy atom. The van der Waals surface area contributed by atoms with E-state index in [1.165, 1.54) is 11.3 Å². The topological polar surface area (TPSA) is 81.7 Å². The second kappa shape index (κ2) is 9.28. The van der Waals surface area contributed by atoms with E-state index in [9.17, 15) is 14.7 Å². The van der Waals surface area contributed by atoms with Crippen molar-refractivity contribution in [3.63, 3.8) is 0 Å². The highest BCUT2D eigenvalue weighted by molar-refractivity contribution is 9.10. The van der Waals surface area contributed by atoms with Crippen LogP contribution in [0.2, 0.25) is 0 Å². The summed E-state index contributed by atoms with van der Waals surface area (Å²) >= 11 is 10.4. The molecule has 2 unspecified atom stereocenters. The summed E-state index contributed by atoms with van der Waals surface area (Å²) in [5, 5.41) is 18.2. The number of aliphatic hydroxyl groups excluding tert-OH is 1. The van der Waals surface area contributed by atoms with Gasteiger partial charge < -0.3 is 20.0 Å². The first-order valence-electron chi connectivity index (χ1n) is 8.68. The number of nitrogens with zero attached hydrogens (tertiary/aromatic N) is 1. The van der Waals surface area contributed by atoms with Gasteiger partial charge in [-0.25, -0.2) is 0 Å². The Balaban J connectivity index is 1.84. The van der Waals surface area contributed by atoms with E-state index < -0.39 is 5.54 Å².